The molecule has 0 spiro atoms. The van der Waals surface area contributed by atoms with E-state index in [0.717, 1.165) is 12.4 Å². The molecule has 0 saturated heterocycles. The number of rotatable bonds is 7. The van der Waals surface area contributed by atoms with Crippen LogP contribution in [0, 0.1) is 5.92 Å². The van der Waals surface area contributed by atoms with Crippen LogP contribution in [0.25, 0.3) is 0 Å². The molecule has 5 heteroatoms. The maximum Gasteiger partial charge on any atom is 0.138 e. The van der Waals surface area contributed by atoms with Gasteiger partial charge in [-0.25, -0.2) is 9.67 Å². The van der Waals surface area contributed by atoms with Crippen LogP contribution in [0.2, 0.25) is 0 Å². The van der Waals surface area contributed by atoms with Crippen molar-refractivity contribution >= 4 is 0 Å². The summed E-state index contributed by atoms with van der Waals surface area (Å²) in [4.78, 5) is 4.15. The third-order valence-corrected chi connectivity index (χ3v) is 2.35. The summed E-state index contributed by atoms with van der Waals surface area (Å²) in [5.41, 5.74) is 0. The highest BCUT2D eigenvalue weighted by Gasteiger charge is 2.11. The van der Waals surface area contributed by atoms with Gasteiger partial charge in [-0.15, -0.1) is 0 Å². The number of aliphatic hydroxyl groups excluding tert-OH is 2. The SMILES string of the molecule is CC(C)Cn1ncnc1CC(O)CCCO. The zero-order chi connectivity index (χ0) is 12.0. The summed E-state index contributed by atoms with van der Waals surface area (Å²) in [5, 5.41) is 22.5. The molecule has 1 atom stereocenters. The molecule has 1 heterocycles. The van der Waals surface area contributed by atoms with E-state index in [0.29, 0.717) is 25.2 Å². The van der Waals surface area contributed by atoms with Crippen LogP contribution < -0.4 is 0 Å². The molecular weight excluding hydrogens is 206 g/mol. The van der Waals surface area contributed by atoms with Crippen molar-refractivity contribution in [3.8, 4) is 0 Å². The largest absolute Gasteiger partial charge is 0.396 e. The van der Waals surface area contributed by atoms with Crippen molar-refractivity contribution in [1.82, 2.24) is 14.8 Å². The van der Waals surface area contributed by atoms with Crippen LogP contribution in [0.5, 0.6) is 0 Å². The molecule has 0 radical (unpaired) electrons. The van der Waals surface area contributed by atoms with Crippen LogP contribution in [0.3, 0.4) is 0 Å². The molecule has 0 aliphatic heterocycles. The quantitative estimate of drug-likeness (QED) is 0.716. The molecule has 0 bridgehead atoms. The van der Waals surface area contributed by atoms with Gasteiger partial charge < -0.3 is 10.2 Å². The van der Waals surface area contributed by atoms with Crippen molar-refractivity contribution in [2.24, 2.45) is 5.92 Å². The minimum absolute atomic E-state index is 0.121. The highest BCUT2D eigenvalue weighted by Crippen LogP contribution is 2.07. The highest BCUT2D eigenvalue weighted by atomic mass is 16.3. The van der Waals surface area contributed by atoms with Gasteiger partial charge in [0.05, 0.1) is 6.10 Å². The van der Waals surface area contributed by atoms with E-state index in [1.54, 1.807) is 0 Å². The minimum atomic E-state index is -0.442. The maximum absolute atomic E-state index is 9.72. The molecule has 1 aromatic rings. The Labute approximate surface area is 96.1 Å². The minimum Gasteiger partial charge on any atom is -0.396 e. The topological polar surface area (TPSA) is 71.2 Å². The molecule has 0 aliphatic rings. The van der Waals surface area contributed by atoms with Crippen LogP contribution >= 0.6 is 0 Å². The van der Waals surface area contributed by atoms with E-state index in [-0.39, 0.29) is 6.61 Å². The van der Waals surface area contributed by atoms with Crippen molar-refractivity contribution in [3.05, 3.63) is 12.2 Å². The first kappa shape index (κ1) is 13.1. The van der Waals surface area contributed by atoms with Crippen molar-refractivity contribution in [2.75, 3.05) is 6.61 Å². The molecule has 0 amide bonds. The summed E-state index contributed by atoms with van der Waals surface area (Å²) < 4.78 is 1.84. The lowest BCUT2D eigenvalue weighted by atomic mass is 10.1. The Bertz CT molecular complexity index is 299. The summed E-state index contributed by atoms with van der Waals surface area (Å²) in [6, 6.07) is 0. The fraction of sp³-hybridized carbons (Fsp3) is 0.818. The number of hydrogen-bond donors (Lipinski definition) is 2. The van der Waals surface area contributed by atoms with E-state index >= 15 is 0 Å². The first-order valence-electron chi connectivity index (χ1n) is 5.79. The van der Waals surface area contributed by atoms with Crippen LogP contribution in [0.1, 0.15) is 32.5 Å². The number of nitrogens with zero attached hydrogens (tertiary/aromatic N) is 3. The number of aromatic nitrogens is 3. The Balaban J connectivity index is 2.49. The van der Waals surface area contributed by atoms with Crippen LogP contribution in [-0.4, -0.2) is 37.7 Å². The molecule has 0 aliphatic carbocycles. The Morgan fingerprint density at radius 2 is 2.19 bits per heavy atom. The Morgan fingerprint density at radius 3 is 2.81 bits per heavy atom. The van der Waals surface area contributed by atoms with E-state index in [1.165, 1.54) is 6.33 Å². The van der Waals surface area contributed by atoms with Crippen LogP contribution in [-0.2, 0) is 13.0 Å². The molecule has 16 heavy (non-hydrogen) atoms. The standard InChI is InChI=1S/C11H21N3O2/c1-9(2)7-14-11(12-8-13-14)6-10(16)4-3-5-15/h8-10,15-16H,3-7H2,1-2H3. The third kappa shape index (κ3) is 4.28. The molecule has 5 nitrogen and oxygen atoms in total. The van der Waals surface area contributed by atoms with E-state index in [2.05, 4.69) is 23.9 Å². The first-order chi connectivity index (χ1) is 7.63. The zero-order valence-electron chi connectivity index (χ0n) is 10.0. The summed E-state index contributed by atoms with van der Waals surface area (Å²) >= 11 is 0. The lowest BCUT2D eigenvalue weighted by molar-refractivity contribution is 0.146. The molecule has 0 aromatic carbocycles. The van der Waals surface area contributed by atoms with Gasteiger partial charge >= 0.3 is 0 Å². The normalized spacial score (nSPS) is 13.3. The predicted octanol–water partition coefficient (Wildman–Crippen LogP) is 0.610. The van der Waals surface area contributed by atoms with Gasteiger partial charge in [0.15, 0.2) is 0 Å². The van der Waals surface area contributed by atoms with Gasteiger partial charge in [-0.2, -0.15) is 5.10 Å². The monoisotopic (exact) mass is 227 g/mol. The molecular formula is C11H21N3O2. The summed E-state index contributed by atoms with van der Waals surface area (Å²) in [6.07, 6.45) is 2.82. The van der Waals surface area contributed by atoms with Crippen LogP contribution in [0.4, 0.5) is 0 Å². The second kappa shape index (κ2) is 6.60. The number of hydrogen-bond acceptors (Lipinski definition) is 4. The maximum atomic E-state index is 9.72. The van der Waals surface area contributed by atoms with E-state index in [9.17, 15) is 5.11 Å². The Kier molecular flexibility index (Phi) is 5.42. The highest BCUT2D eigenvalue weighted by molar-refractivity contribution is 4.87. The molecule has 2 N–H and O–H groups in total. The van der Waals surface area contributed by atoms with E-state index < -0.39 is 6.10 Å². The molecule has 0 saturated carbocycles. The van der Waals surface area contributed by atoms with Gasteiger partial charge in [-0.1, -0.05) is 13.8 Å². The van der Waals surface area contributed by atoms with Gasteiger partial charge in [0.1, 0.15) is 12.2 Å². The first-order valence-corrected chi connectivity index (χ1v) is 5.79. The Morgan fingerprint density at radius 1 is 1.44 bits per heavy atom. The Hall–Kier alpha value is -0.940. The van der Waals surface area contributed by atoms with Crippen LogP contribution in [0.15, 0.2) is 6.33 Å². The molecule has 1 rings (SSSR count). The lowest BCUT2D eigenvalue weighted by Crippen LogP contribution is -2.17. The van der Waals surface area contributed by atoms with Gasteiger partial charge in [-0.05, 0) is 18.8 Å². The summed E-state index contributed by atoms with van der Waals surface area (Å²) in [5.74, 6) is 1.33. The fourth-order valence-corrected chi connectivity index (χ4v) is 1.58. The smallest absolute Gasteiger partial charge is 0.138 e. The van der Waals surface area contributed by atoms with Crippen molar-refractivity contribution in [2.45, 2.75) is 45.8 Å². The predicted molar refractivity (Wildman–Crippen MR) is 60.9 cm³/mol. The van der Waals surface area contributed by atoms with Gasteiger partial charge in [0, 0.05) is 19.6 Å². The second-order valence-corrected chi connectivity index (χ2v) is 4.48. The average molecular weight is 227 g/mol. The fourth-order valence-electron chi connectivity index (χ4n) is 1.58. The molecule has 1 aromatic heterocycles. The zero-order valence-corrected chi connectivity index (χ0v) is 10.0. The van der Waals surface area contributed by atoms with Gasteiger partial charge in [0.2, 0.25) is 0 Å². The van der Waals surface area contributed by atoms with Crippen molar-refractivity contribution < 1.29 is 10.2 Å². The number of aliphatic hydroxyl groups is 2. The molecule has 0 fully saturated rings. The summed E-state index contributed by atoms with van der Waals surface area (Å²) in [6.45, 7) is 5.18. The van der Waals surface area contributed by atoms with Gasteiger partial charge in [0.25, 0.3) is 0 Å². The van der Waals surface area contributed by atoms with Crippen molar-refractivity contribution in [1.29, 1.82) is 0 Å². The lowest BCUT2D eigenvalue weighted by Gasteiger charge is -2.11. The molecule has 92 valence electrons. The second-order valence-electron chi connectivity index (χ2n) is 4.48. The van der Waals surface area contributed by atoms with Gasteiger partial charge in [-0.3, -0.25) is 0 Å². The van der Waals surface area contributed by atoms with Crippen molar-refractivity contribution in [3.63, 3.8) is 0 Å². The average Bonchev–Trinajstić information content (AvgIpc) is 2.62. The van der Waals surface area contributed by atoms with E-state index in [1.807, 2.05) is 4.68 Å². The van der Waals surface area contributed by atoms with E-state index in [4.69, 9.17) is 5.11 Å². The summed E-state index contributed by atoms with van der Waals surface area (Å²) in [7, 11) is 0. The third-order valence-electron chi connectivity index (χ3n) is 2.35. The molecule has 1 unspecified atom stereocenters.